The molecule has 21 heavy (non-hydrogen) atoms. The summed E-state index contributed by atoms with van der Waals surface area (Å²) in [5.41, 5.74) is 2.50. The van der Waals surface area contributed by atoms with Crippen molar-refractivity contribution in [1.82, 2.24) is 5.32 Å². The van der Waals surface area contributed by atoms with Gasteiger partial charge in [-0.15, -0.1) is 0 Å². The Labute approximate surface area is 135 Å². The van der Waals surface area contributed by atoms with Crippen LogP contribution in [0, 0.1) is 5.82 Å². The number of nitrogens with one attached hydrogen (secondary N) is 1. The van der Waals surface area contributed by atoms with E-state index >= 15 is 0 Å². The maximum atomic E-state index is 13.4. The van der Waals surface area contributed by atoms with Gasteiger partial charge in [0, 0.05) is 21.7 Å². The molecule has 0 saturated heterocycles. The minimum Gasteiger partial charge on any atom is -0.310 e. The molecule has 1 N–H and O–H groups in total. The summed E-state index contributed by atoms with van der Waals surface area (Å²) in [6, 6.07) is 10.2. The van der Waals surface area contributed by atoms with E-state index in [4.69, 9.17) is 23.2 Å². The van der Waals surface area contributed by atoms with Gasteiger partial charge in [-0.1, -0.05) is 42.3 Å². The number of benzene rings is 2. The van der Waals surface area contributed by atoms with Gasteiger partial charge in [0.15, 0.2) is 0 Å². The normalized spacial score (nSPS) is 12.4. The van der Waals surface area contributed by atoms with Gasteiger partial charge >= 0.3 is 0 Å². The van der Waals surface area contributed by atoms with Crippen LogP contribution >= 0.6 is 23.2 Å². The van der Waals surface area contributed by atoms with Gasteiger partial charge in [-0.05, 0) is 55.3 Å². The molecule has 0 radical (unpaired) electrons. The van der Waals surface area contributed by atoms with Crippen LogP contribution in [0.15, 0.2) is 36.4 Å². The van der Waals surface area contributed by atoms with Crippen molar-refractivity contribution < 1.29 is 4.39 Å². The molecule has 0 fully saturated rings. The standard InChI is InChI=1S/C17H18Cl2FN/c1-3-8-21-11(2)14-6-4-12(9-17(14)19)15-10-13(20)5-7-16(15)18/h4-7,9-11,21H,3,8H2,1-2H3. The minimum atomic E-state index is -0.312. The van der Waals surface area contributed by atoms with Gasteiger partial charge in [-0.3, -0.25) is 0 Å². The maximum Gasteiger partial charge on any atom is 0.123 e. The van der Waals surface area contributed by atoms with E-state index in [0.717, 1.165) is 24.1 Å². The molecule has 1 unspecified atom stereocenters. The first kappa shape index (κ1) is 16.3. The average molecular weight is 326 g/mol. The SMILES string of the molecule is CCCNC(C)c1ccc(-c2cc(F)ccc2Cl)cc1Cl. The first-order valence-corrected chi connectivity index (χ1v) is 7.76. The molecule has 1 atom stereocenters. The van der Waals surface area contributed by atoms with Crippen LogP contribution in [-0.4, -0.2) is 6.54 Å². The fraction of sp³-hybridized carbons (Fsp3) is 0.294. The molecule has 0 aromatic heterocycles. The van der Waals surface area contributed by atoms with Gasteiger partial charge in [0.25, 0.3) is 0 Å². The lowest BCUT2D eigenvalue weighted by atomic mass is 10.0. The summed E-state index contributed by atoms with van der Waals surface area (Å²) >= 11 is 12.5. The van der Waals surface area contributed by atoms with E-state index in [1.165, 1.54) is 12.1 Å². The summed E-state index contributed by atoms with van der Waals surface area (Å²) in [6.07, 6.45) is 1.07. The number of hydrogen-bond acceptors (Lipinski definition) is 1. The number of rotatable bonds is 5. The Balaban J connectivity index is 2.32. The largest absolute Gasteiger partial charge is 0.310 e. The molecule has 0 saturated carbocycles. The zero-order chi connectivity index (χ0) is 15.4. The minimum absolute atomic E-state index is 0.175. The molecule has 2 rings (SSSR count). The van der Waals surface area contributed by atoms with Crippen molar-refractivity contribution in [2.24, 2.45) is 0 Å². The molecule has 0 amide bonds. The molecule has 0 heterocycles. The van der Waals surface area contributed by atoms with Crippen LogP contribution in [0.3, 0.4) is 0 Å². The van der Waals surface area contributed by atoms with Gasteiger partial charge < -0.3 is 5.32 Å². The quantitative estimate of drug-likeness (QED) is 0.725. The van der Waals surface area contributed by atoms with Gasteiger partial charge in [-0.25, -0.2) is 4.39 Å². The molecule has 1 nitrogen and oxygen atoms in total. The van der Waals surface area contributed by atoms with Gasteiger partial charge in [0.05, 0.1) is 0 Å². The monoisotopic (exact) mass is 325 g/mol. The fourth-order valence-electron chi connectivity index (χ4n) is 2.24. The third-order valence-corrected chi connectivity index (χ3v) is 4.06. The highest BCUT2D eigenvalue weighted by Gasteiger charge is 2.12. The van der Waals surface area contributed by atoms with Gasteiger partial charge in [0.1, 0.15) is 5.82 Å². The molecule has 0 aliphatic heterocycles. The van der Waals surface area contributed by atoms with Crippen molar-refractivity contribution in [3.63, 3.8) is 0 Å². The van der Waals surface area contributed by atoms with E-state index in [-0.39, 0.29) is 11.9 Å². The van der Waals surface area contributed by atoms with Crippen LogP contribution in [0.1, 0.15) is 31.9 Å². The van der Waals surface area contributed by atoms with E-state index in [0.29, 0.717) is 15.6 Å². The zero-order valence-corrected chi connectivity index (χ0v) is 13.6. The lowest BCUT2D eigenvalue weighted by Crippen LogP contribution is -2.19. The summed E-state index contributed by atoms with van der Waals surface area (Å²) < 4.78 is 13.4. The van der Waals surface area contributed by atoms with Crippen LogP contribution < -0.4 is 5.32 Å². The zero-order valence-electron chi connectivity index (χ0n) is 12.1. The van der Waals surface area contributed by atoms with Crippen molar-refractivity contribution in [3.8, 4) is 11.1 Å². The summed E-state index contributed by atoms with van der Waals surface area (Å²) in [4.78, 5) is 0. The number of halogens is 3. The van der Waals surface area contributed by atoms with Crippen molar-refractivity contribution in [1.29, 1.82) is 0 Å². The first-order chi connectivity index (χ1) is 10.0. The molecule has 2 aromatic rings. The van der Waals surface area contributed by atoms with Gasteiger partial charge in [0.2, 0.25) is 0 Å². The smallest absolute Gasteiger partial charge is 0.123 e. The highest BCUT2D eigenvalue weighted by Crippen LogP contribution is 2.33. The fourth-order valence-corrected chi connectivity index (χ4v) is 2.81. The Hall–Kier alpha value is -1.09. The van der Waals surface area contributed by atoms with Crippen LogP contribution in [0.4, 0.5) is 4.39 Å². The molecular formula is C17H18Cl2FN. The predicted octanol–water partition coefficient (Wildman–Crippen LogP) is 5.86. The highest BCUT2D eigenvalue weighted by atomic mass is 35.5. The summed E-state index contributed by atoms with van der Waals surface area (Å²) in [6.45, 7) is 5.14. The molecule has 2 aromatic carbocycles. The van der Waals surface area contributed by atoms with Crippen molar-refractivity contribution >= 4 is 23.2 Å². The summed E-state index contributed by atoms with van der Waals surface area (Å²) in [5, 5.41) is 4.57. The van der Waals surface area contributed by atoms with E-state index < -0.39 is 0 Å². The second-order valence-electron chi connectivity index (χ2n) is 5.04. The third kappa shape index (κ3) is 3.97. The predicted molar refractivity (Wildman–Crippen MR) is 88.6 cm³/mol. The lowest BCUT2D eigenvalue weighted by molar-refractivity contribution is 0.571. The molecule has 4 heteroatoms. The van der Waals surface area contributed by atoms with E-state index in [2.05, 4.69) is 19.2 Å². The topological polar surface area (TPSA) is 12.0 Å². The molecular weight excluding hydrogens is 308 g/mol. The second-order valence-corrected chi connectivity index (χ2v) is 5.85. The molecule has 0 spiro atoms. The van der Waals surface area contributed by atoms with E-state index in [9.17, 15) is 4.39 Å². The van der Waals surface area contributed by atoms with Crippen LogP contribution in [0.2, 0.25) is 10.0 Å². The Morgan fingerprint density at radius 1 is 1.10 bits per heavy atom. The number of hydrogen-bond donors (Lipinski definition) is 1. The van der Waals surface area contributed by atoms with Crippen LogP contribution in [-0.2, 0) is 0 Å². The average Bonchev–Trinajstić information content (AvgIpc) is 2.47. The molecule has 0 aliphatic rings. The third-order valence-electron chi connectivity index (χ3n) is 3.41. The Morgan fingerprint density at radius 3 is 2.52 bits per heavy atom. The highest BCUT2D eigenvalue weighted by molar-refractivity contribution is 6.34. The first-order valence-electron chi connectivity index (χ1n) is 7.01. The molecule has 0 aliphatic carbocycles. The van der Waals surface area contributed by atoms with Crippen molar-refractivity contribution in [2.75, 3.05) is 6.54 Å². The summed E-state index contributed by atoms with van der Waals surface area (Å²) in [5.74, 6) is -0.312. The van der Waals surface area contributed by atoms with Crippen molar-refractivity contribution in [2.45, 2.75) is 26.3 Å². The maximum absolute atomic E-state index is 13.4. The van der Waals surface area contributed by atoms with Crippen LogP contribution in [0.5, 0.6) is 0 Å². The van der Waals surface area contributed by atoms with Crippen molar-refractivity contribution in [3.05, 3.63) is 57.8 Å². The second kappa shape index (κ2) is 7.26. The van der Waals surface area contributed by atoms with Crippen LogP contribution in [0.25, 0.3) is 11.1 Å². The Bertz CT molecular complexity index is 628. The summed E-state index contributed by atoms with van der Waals surface area (Å²) in [7, 11) is 0. The molecule has 112 valence electrons. The van der Waals surface area contributed by atoms with Gasteiger partial charge in [-0.2, -0.15) is 0 Å². The Kier molecular flexibility index (Phi) is 5.63. The van der Waals surface area contributed by atoms with E-state index in [1.54, 1.807) is 6.07 Å². The Morgan fingerprint density at radius 2 is 1.86 bits per heavy atom. The van der Waals surface area contributed by atoms with E-state index in [1.807, 2.05) is 18.2 Å². The molecule has 0 bridgehead atoms. The lowest BCUT2D eigenvalue weighted by Gasteiger charge is -2.16.